The molecule has 2 atom stereocenters. The molecule has 0 saturated carbocycles. The molecule has 3 aromatic rings. The molecule has 2 aliphatic heterocycles. The van der Waals surface area contributed by atoms with E-state index in [0.717, 1.165) is 17.3 Å². The number of nitrogens with zero attached hydrogens (tertiary/aromatic N) is 2. The van der Waals surface area contributed by atoms with Gasteiger partial charge in [-0.15, -0.1) is 0 Å². The topological polar surface area (TPSA) is 135 Å². The number of para-hydroxylation sites is 1. The van der Waals surface area contributed by atoms with Crippen molar-refractivity contribution < 1.29 is 31.4 Å². The van der Waals surface area contributed by atoms with Gasteiger partial charge in [-0.05, 0) is 55.5 Å². The van der Waals surface area contributed by atoms with Crippen LogP contribution in [-0.2, 0) is 24.6 Å². The van der Waals surface area contributed by atoms with Crippen molar-refractivity contribution in [2.24, 2.45) is 5.92 Å². The number of rotatable bonds is 11. The number of sulfonamides is 1. The maximum Gasteiger partial charge on any atom is 0.244 e. The average molecular weight is 618 g/mol. The van der Waals surface area contributed by atoms with Crippen molar-refractivity contribution in [2.75, 3.05) is 38.6 Å². The molecule has 10 nitrogen and oxygen atoms in total. The molecule has 42 heavy (non-hydrogen) atoms. The molecule has 1 spiro atoms. The summed E-state index contributed by atoms with van der Waals surface area (Å²) in [6, 6.07) is 15.5. The van der Waals surface area contributed by atoms with E-state index in [1.807, 2.05) is 38.1 Å². The molecular formula is C30H39N3O7S2. The molecule has 2 aromatic carbocycles. The van der Waals surface area contributed by atoms with E-state index in [9.17, 15) is 21.9 Å². The molecule has 2 N–H and O–H groups in total. The van der Waals surface area contributed by atoms with Gasteiger partial charge in [-0.1, -0.05) is 38.1 Å². The summed E-state index contributed by atoms with van der Waals surface area (Å²) < 4.78 is 65.1. The van der Waals surface area contributed by atoms with E-state index in [-0.39, 0.29) is 40.7 Å². The van der Waals surface area contributed by atoms with Crippen LogP contribution in [0.1, 0.15) is 33.1 Å². The Hall–Kier alpha value is -2.61. The summed E-state index contributed by atoms with van der Waals surface area (Å²) in [5, 5.41) is 14.6. The predicted octanol–water partition coefficient (Wildman–Crippen LogP) is 3.01. The second kappa shape index (κ2) is 12.6. The number of aliphatic hydroxyl groups excluding tert-OH is 1. The number of fused-ring (bicyclic) bond motifs is 1. The number of aromatic nitrogens is 1. The molecule has 2 fully saturated rings. The fraction of sp³-hybridized carbons (Fsp3) is 0.500. The minimum Gasteiger partial charge on any atom is -0.491 e. The van der Waals surface area contributed by atoms with E-state index in [4.69, 9.17) is 9.47 Å². The van der Waals surface area contributed by atoms with Crippen LogP contribution in [0, 0.1) is 5.92 Å². The highest BCUT2D eigenvalue weighted by Gasteiger charge is 2.44. The van der Waals surface area contributed by atoms with Crippen molar-refractivity contribution >= 4 is 30.8 Å². The van der Waals surface area contributed by atoms with Gasteiger partial charge >= 0.3 is 0 Å². The third kappa shape index (κ3) is 7.12. The fourth-order valence-electron chi connectivity index (χ4n) is 5.65. The molecule has 0 unspecified atom stereocenters. The van der Waals surface area contributed by atoms with Crippen LogP contribution >= 0.6 is 0 Å². The van der Waals surface area contributed by atoms with Crippen LogP contribution in [0.25, 0.3) is 10.9 Å². The SMILES string of the molecule is CC(C)CS(=O)(=O)c1cccc(OC[C@@H](O)CN[C@H]2COC3(CCN(S(=O)(=O)c4cnc5ccccc5c4)CC3)C2)c1. The first-order valence-corrected chi connectivity index (χ1v) is 17.4. The molecule has 0 amide bonds. The number of nitrogens with one attached hydrogen (secondary N) is 1. The molecule has 12 heteroatoms. The lowest BCUT2D eigenvalue weighted by atomic mass is 9.88. The van der Waals surface area contributed by atoms with Crippen molar-refractivity contribution in [2.45, 2.75) is 60.6 Å². The van der Waals surface area contributed by atoms with Gasteiger partial charge in [0.25, 0.3) is 0 Å². The van der Waals surface area contributed by atoms with E-state index in [0.29, 0.717) is 38.3 Å². The third-order valence-electron chi connectivity index (χ3n) is 7.85. The van der Waals surface area contributed by atoms with E-state index in [2.05, 4.69) is 10.3 Å². The molecule has 2 aliphatic rings. The molecule has 0 bridgehead atoms. The van der Waals surface area contributed by atoms with Crippen molar-refractivity contribution in [3.8, 4) is 5.75 Å². The zero-order valence-electron chi connectivity index (χ0n) is 24.0. The zero-order chi connectivity index (χ0) is 30.0. The Morgan fingerprint density at radius 2 is 1.83 bits per heavy atom. The first-order valence-electron chi connectivity index (χ1n) is 14.3. The predicted molar refractivity (Wildman–Crippen MR) is 160 cm³/mol. The summed E-state index contributed by atoms with van der Waals surface area (Å²) in [6.07, 6.45) is 2.52. The molecule has 228 valence electrons. The Morgan fingerprint density at radius 3 is 2.60 bits per heavy atom. The van der Waals surface area contributed by atoms with Crippen molar-refractivity contribution in [3.63, 3.8) is 0 Å². The summed E-state index contributed by atoms with van der Waals surface area (Å²) in [5.41, 5.74) is 0.361. The number of hydrogen-bond donors (Lipinski definition) is 2. The lowest BCUT2D eigenvalue weighted by molar-refractivity contribution is -0.0312. The van der Waals surface area contributed by atoms with Gasteiger partial charge < -0.3 is 19.9 Å². The van der Waals surface area contributed by atoms with Crippen LogP contribution in [0.2, 0.25) is 0 Å². The first kappa shape index (κ1) is 30.8. The zero-order valence-corrected chi connectivity index (χ0v) is 25.6. The Bertz CT molecular complexity index is 1600. The largest absolute Gasteiger partial charge is 0.491 e. The second-order valence-corrected chi connectivity index (χ2v) is 15.7. The Labute approximate surface area is 248 Å². The summed E-state index contributed by atoms with van der Waals surface area (Å²) in [6.45, 7) is 5.22. The molecule has 3 heterocycles. The number of pyridine rings is 1. The molecule has 5 rings (SSSR count). The molecule has 0 aliphatic carbocycles. The second-order valence-electron chi connectivity index (χ2n) is 11.7. The van der Waals surface area contributed by atoms with Crippen LogP contribution in [0.15, 0.2) is 70.6 Å². The number of hydrogen-bond acceptors (Lipinski definition) is 9. The number of aliphatic hydroxyl groups is 1. The molecule has 0 radical (unpaired) electrons. The Balaban J connectivity index is 1.08. The van der Waals surface area contributed by atoms with Gasteiger partial charge in [0.15, 0.2) is 9.84 Å². The molecule has 2 saturated heterocycles. The van der Waals surface area contributed by atoms with Crippen LogP contribution in [-0.4, -0.2) is 87.6 Å². The van der Waals surface area contributed by atoms with Crippen LogP contribution in [0.4, 0.5) is 0 Å². The third-order valence-corrected chi connectivity index (χ3v) is 11.8. The molecular weight excluding hydrogens is 578 g/mol. The highest BCUT2D eigenvalue weighted by Crippen LogP contribution is 2.37. The average Bonchev–Trinajstić information content (AvgIpc) is 3.36. The van der Waals surface area contributed by atoms with Gasteiger partial charge in [-0.2, -0.15) is 4.31 Å². The maximum atomic E-state index is 13.3. The van der Waals surface area contributed by atoms with E-state index in [1.54, 1.807) is 24.3 Å². The normalized spacial score (nSPS) is 20.3. The van der Waals surface area contributed by atoms with Crippen LogP contribution in [0.3, 0.4) is 0 Å². The van der Waals surface area contributed by atoms with Gasteiger partial charge in [0.2, 0.25) is 10.0 Å². The van der Waals surface area contributed by atoms with Crippen molar-refractivity contribution in [1.29, 1.82) is 0 Å². The highest BCUT2D eigenvalue weighted by atomic mass is 32.2. The Kier molecular flexibility index (Phi) is 9.22. The monoisotopic (exact) mass is 617 g/mol. The van der Waals surface area contributed by atoms with E-state index < -0.39 is 31.6 Å². The summed E-state index contributed by atoms with van der Waals surface area (Å²) in [4.78, 5) is 4.73. The standard InChI is InChI=1S/C30H39N3O7S2/c1-22(2)21-41(35,36)27-8-5-7-26(15-27)39-20-25(34)17-31-24-16-30(40-19-24)10-12-33(13-11-30)42(37,38)28-14-23-6-3-4-9-29(23)32-18-28/h3-9,14-15,18,22,24-25,31,34H,10-13,16-17,19-21H2,1-2H3/t24-,25+/m1/s1. The summed E-state index contributed by atoms with van der Waals surface area (Å²) >= 11 is 0. The number of benzene rings is 2. The van der Waals surface area contributed by atoms with Crippen molar-refractivity contribution in [1.82, 2.24) is 14.6 Å². The number of piperidine rings is 1. The van der Waals surface area contributed by atoms with Gasteiger partial charge in [0.05, 0.1) is 28.4 Å². The minimum atomic E-state index is -3.66. The quantitative estimate of drug-likeness (QED) is 0.333. The van der Waals surface area contributed by atoms with Gasteiger partial charge in [-0.3, -0.25) is 4.98 Å². The minimum absolute atomic E-state index is 0.00977. The van der Waals surface area contributed by atoms with Crippen LogP contribution < -0.4 is 10.1 Å². The maximum absolute atomic E-state index is 13.3. The first-order chi connectivity index (χ1) is 20.0. The van der Waals surface area contributed by atoms with Gasteiger partial charge in [0.1, 0.15) is 23.4 Å². The lowest BCUT2D eigenvalue weighted by Crippen LogP contribution is -2.47. The van der Waals surface area contributed by atoms with E-state index in [1.165, 1.54) is 16.6 Å². The smallest absolute Gasteiger partial charge is 0.244 e. The number of sulfone groups is 1. The lowest BCUT2D eigenvalue weighted by Gasteiger charge is -2.38. The molecule has 1 aromatic heterocycles. The Morgan fingerprint density at radius 1 is 1.07 bits per heavy atom. The van der Waals surface area contributed by atoms with Crippen molar-refractivity contribution in [3.05, 3.63) is 60.8 Å². The summed E-state index contributed by atoms with van der Waals surface area (Å²) in [5.74, 6) is 0.465. The highest BCUT2D eigenvalue weighted by molar-refractivity contribution is 7.91. The van der Waals surface area contributed by atoms with Crippen LogP contribution in [0.5, 0.6) is 5.75 Å². The summed E-state index contributed by atoms with van der Waals surface area (Å²) in [7, 11) is -7.06. The van der Waals surface area contributed by atoms with E-state index >= 15 is 0 Å². The fourth-order valence-corrected chi connectivity index (χ4v) is 8.72. The van der Waals surface area contributed by atoms with Gasteiger partial charge in [-0.25, -0.2) is 16.8 Å². The number of ether oxygens (including phenoxy) is 2. The van der Waals surface area contributed by atoms with Gasteiger partial charge in [0, 0.05) is 37.3 Å².